The molecule has 3 heteroatoms. The molecule has 1 atom stereocenters. The third-order valence-corrected chi connectivity index (χ3v) is 5.32. The van der Waals surface area contributed by atoms with Crippen molar-refractivity contribution in [3.8, 4) is 0 Å². The van der Waals surface area contributed by atoms with Crippen LogP contribution in [0.5, 0.6) is 0 Å². The summed E-state index contributed by atoms with van der Waals surface area (Å²) in [7, 11) is 0. The van der Waals surface area contributed by atoms with Crippen molar-refractivity contribution in [2.24, 2.45) is 0 Å². The molecule has 0 aliphatic carbocycles. The third-order valence-electron chi connectivity index (χ3n) is 5.32. The number of hydrogen-bond acceptors (Lipinski definition) is 3. The molecular formula is C21H25NO2. The van der Waals surface area contributed by atoms with Crippen molar-refractivity contribution in [3.05, 3.63) is 71.8 Å². The van der Waals surface area contributed by atoms with Crippen LogP contribution in [0, 0.1) is 0 Å². The molecule has 2 saturated heterocycles. The average Bonchev–Trinajstić information content (AvgIpc) is 3.04. The van der Waals surface area contributed by atoms with Gasteiger partial charge in [-0.15, -0.1) is 0 Å². The van der Waals surface area contributed by atoms with Gasteiger partial charge in [0.1, 0.15) is 5.60 Å². The molecule has 0 spiro atoms. The summed E-state index contributed by atoms with van der Waals surface area (Å²) in [4.78, 5) is 2.35. The molecule has 2 fully saturated rings. The van der Waals surface area contributed by atoms with E-state index in [1.54, 1.807) is 0 Å². The molecule has 1 unspecified atom stereocenters. The van der Waals surface area contributed by atoms with Gasteiger partial charge in [0.25, 0.3) is 0 Å². The van der Waals surface area contributed by atoms with Gasteiger partial charge in [-0.05, 0) is 24.0 Å². The van der Waals surface area contributed by atoms with Crippen LogP contribution in [0.2, 0.25) is 0 Å². The molecule has 3 nitrogen and oxygen atoms in total. The molecule has 2 heterocycles. The molecule has 126 valence electrons. The van der Waals surface area contributed by atoms with Crippen LogP contribution in [-0.4, -0.2) is 30.5 Å². The zero-order valence-electron chi connectivity index (χ0n) is 14.3. The largest absolute Gasteiger partial charge is 0.334 e. The molecule has 2 aromatic rings. The SMILES string of the molecule is CC1(N2CCCCC2)OCC(c2ccccc2)(c2ccccc2)O1. The molecule has 0 aromatic heterocycles. The molecule has 2 aliphatic rings. The van der Waals surface area contributed by atoms with Crippen molar-refractivity contribution in [2.45, 2.75) is 37.7 Å². The van der Waals surface area contributed by atoms with E-state index in [-0.39, 0.29) is 0 Å². The average molecular weight is 323 g/mol. The first-order valence-corrected chi connectivity index (χ1v) is 8.93. The van der Waals surface area contributed by atoms with Crippen LogP contribution < -0.4 is 0 Å². The number of piperidine rings is 1. The van der Waals surface area contributed by atoms with Crippen LogP contribution in [0.3, 0.4) is 0 Å². The number of benzene rings is 2. The zero-order valence-corrected chi connectivity index (χ0v) is 14.3. The van der Waals surface area contributed by atoms with Crippen LogP contribution in [0.4, 0.5) is 0 Å². The number of nitrogens with zero attached hydrogens (tertiary/aromatic N) is 1. The molecule has 0 N–H and O–H groups in total. The Balaban J connectivity index is 1.73. The van der Waals surface area contributed by atoms with Gasteiger partial charge in [0.05, 0.1) is 6.61 Å². The van der Waals surface area contributed by atoms with Crippen molar-refractivity contribution in [3.63, 3.8) is 0 Å². The Morgan fingerprint density at radius 1 is 0.792 bits per heavy atom. The molecule has 0 amide bonds. The molecule has 2 aliphatic heterocycles. The normalized spacial score (nSPS) is 27.2. The molecule has 0 radical (unpaired) electrons. The Bertz CT molecular complexity index is 627. The van der Waals surface area contributed by atoms with Crippen LogP contribution in [0.25, 0.3) is 0 Å². The van der Waals surface area contributed by atoms with E-state index in [9.17, 15) is 0 Å². The second kappa shape index (κ2) is 6.32. The fraction of sp³-hybridized carbons (Fsp3) is 0.429. The zero-order chi connectivity index (χ0) is 16.5. The summed E-state index contributed by atoms with van der Waals surface area (Å²) in [5.74, 6) is -0.661. The minimum atomic E-state index is -0.661. The lowest BCUT2D eigenvalue weighted by molar-refractivity contribution is -0.266. The van der Waals surface area contributed by atoms with E-state index in [1.165, 1.54) is 19.3 Å². The van der Waals surface area contributed by atoms with Crippen LogP contribution >= 0.6 is 0 Å². The van der Waals surface area contributed by atoms with Crippen molar-refractivity contribution >= 4 is 0 Å². The molecule has 0 saturated carbocycles. The van der Waals surface area contributed by atoms with E-state index in [0.717, 1.165) is 24.2 Å². The van der Waals surface area contributed by atoms with Gasteiger partial charge in [0.2, 0.25) is 5.91 Å². The maximum absolute atomic E-state index is 6.75. The molecular weight excluding hydrogens is 298 g/mol. The smallest absolute Gasteiger partial charge is 0.228 e. The van der Waals surface area contributed by atoms with Crippen molar-refractivity contribution in [1.82, 2.24) is 4.90 Å². The first-order valence-electron chi connectivity index (χ1n) is 8.93. The number of likely N-dealkylation sites (tertiary alicyclic amines) is 1. The van der Waals surface area contributed by atoms with Crippen LogP contribution in [-0.2, 0) is 15.1 Å². The Morgan fingerprint density at radius 3 is 1.88 bits per heavy atom. The molecule has 24 heavy (non-hydrogen) atoms. The highest BCUT2D eigenvalue weighted by atomic mass is 16.8. The first kappa shape index (κ1) is 15.8. The van der Waals surface area contributed by atoms with Gasteiger partial charge in [-0.3, -0.25) is 4.90 Å². The summed E-state index contributed by atoms with van der Waals surface area (Å²) in [6, 6.07) is 20.9. The fourth-order valence-corrected chi connectivity index (χ4v) is 3.94. The van der Waals surface area contributed by atoms with Gasteiger partial charge in [-0.25, -0.2) is 0 Å². The van der Waals surface area contributed by atoms with Gasteiger partial charge in [0.15, 0.2) is 0 Å². The maximum Gasteiger partial charge on any atom is 0.228 e. The molecule has 2 aromatic carbocycles. The van der Waals surface area contributed by atoms with Crippen molar-refractivity contribution < 1.29 is 9.47 Å². The summed E-state index contributed by atoms with van der Waals surface area (Å²) in [5.41, 5.74) is 1.75. The topological polar surface area (TPSA) is 21.7 Å². The van der Waals surface area contributed by atoms with E-state index in [0.29, 0.717) is 6.61 Å². The Kier molecular flexibility index (Phi) is 4.17. The van der Waals surface area contributed by atoms with Gasteiger partial charge in [0, 0.05) is 20.0 Å². The summed E-state index contributed by atoms with van der Waals surface area (Å²) in [5, 5.41) is 0. The van der Waals surface area contributed by atoms with Crippen LogP contribution in [0.1, 0.15) is 37.3 Å². The standard InChI is InChI=1S/C21H25NO2/c1-20(22-15-9-4-10-16-22)23-17-21(24-20,18-11-5-2-6-12-18)19-13-7-3-8-14-19/h2-3,5-8,11-14H,4,9-10,15-17H2,1H3. The van der Waals surface area contributed by atoms with Crippen LogP contribution in [0.15, 0.2) is 60.7 Å². The predicted octanol–water partition coefficient (Wildman–Crippen LogP) is 4.14. The van der Waals surface area contributed by atoms with Crippen molar-refractivity contribution in [1.29, 1.82) is 0 Å². The highest BCUT2D eigenvalue weighted by molar-refractivity contribution is 5.37. The minimum Gasteiger partial charge on any atom is -0.334 e. The van der Waals surface area contributed by atoms with E-state index < -0.39 is 11.5 Å². The maximum atomic E-state index is 6.75. The lowest BCUT2D eigenvalue weighted by Gasteiger charge is -2.40. The lowest BCUT2D eigenvalue weighted by atomic mass is 9.87. The van der Waals surface area contributed by atoms with Gasteiger partial charge < -0.3 is 9.47 Å². The number of rotatable bonds is 3. The van der Waals surface area contributed by atoms with E-state index in [2.05, 4.69) is 60.4 Å². The van der Waals surface area contributed by atoms with Gasteiger partial charge in [-0.2, -0.15) is 0 Å². The van der Waals surface area contributed by atoms with E-state index in [1.807, 2.05) is 12.1 Å². The Morgan fingerprint density at radius 2 is 1.33 bits per heavy atom. The Hall–Kier alpha value is -1.68. The summed E-state index contributed by atoms with van der Waals surface area (Å²) >= 11 is 0. The molecule has 4 rings (SSSR count). The predicted molar refractivity (Wildman–Crippen MR) is 94.5 cm³/mol. The number of hydrogen-bond donors (Lipinski definition) is 0. The second-order valence-electron chi connectivity index (χ2n) is 6.90. The second-order valence-corrected chi connectivity index (χ2v) is 6.90. The summed E-state index contributed by atoms with van der Waals surface area (Å²) < 4.78 is 13.1. The highest BCUT2D eigenvalue weighted by Gasteiger charge is 2.52. The van der Waals surface area contributed by atoms with Crippen molar-refractivity contribution in [2.75, 3.05) is 19.7 Å². The quantitative estimate of drug-likeness (QED) is 0.847. The lowest BCUT2D eigenvalue weighted by Crippen LogP contribution is -2.51. The first-order chi connectivity index (χ1) is 11.7. The third kappa shape index (κ3) is 2.67. The molecule has 0 bridgehead atoms. The van der Waals surface area contributed by atoms with Gasteiger partial charge in [-0.1, -0.05) is 67.1 Å². The number of ether oxygens (including phenoxy) is 2. The minimum absolute atomic E-state index is 0.536. The van der Waals surface area contributed by atoms with Gasteiger partial charge >= 0.3 is 0 Å². The Labute approximate surface area is 144 Å². The summed E-state index contributed by atoms with van der Waals surface area (Å²) in [6.45, 7) is 4.69. The van der Waals surface area contributed by atoms with E-state index >= 15 is 0 Å². The summed E-state index contributed by atoms with van der Waals surface area (Å²) in [6.07, 6.45) is 3.73. The fourth-order valence-electron chi connectivity index (χ4n) is 3.94. The monoisotopic (exact) mass is 323 g/mol. The highest BCUT2D eigenvalue weighted by Crippen LogP contribution is 2.45. The van der Waals surface area contributed by atoms with E-state index in [4.69, 9.17) is 9.47 Å².